The lowest BCUT2D eigenvalue weighted by Crippen LogP contribution is -2.43. The third kappa shape index (κ3) is 3.21. The zero-order chi connectivity index (χ0) is 13.0. The number of anilines is 1. The van der Waals surface area contributed by atoms with Crippen molar-refractivity contribution in [1.29, 1.82) is 5.26 Å². The molecular formula is C14H19N3O. The molecule has 0 spiro atoms. The molecule has 0 N–H and O–H groups in total. The number of hydrogen-bond donors (Lipinski definition) is 0. The Balaban J connectivity index is 2.06. The van der Waals surface area contributed by atoms with Gasteiger partial charge in [-0.1, -0.05) is 13.8 Å². The SMILES string of the molecule is CC(C)C[C@H]1CN(c2cc(C#N)ccn2)CCO1. The van der Waals surface area contributed by atoms with E-state index in [4.69, 9.17) is 10.00 Å². The molecule has 1 atom stereocenters. The molecule has 0 aliphatic carbocycles. The molecule has 0 aromatic carbocycles. The summed E-state index contributed by atoms with van der Waals surface area (Å²) in [6, 6.07) is 5.73. The van der Waals surface area contributed by atoms with Crippen LogP contribution in [0.25, 0.3) is 0 Å². The number of nitriles is 1. The molecule has 1 aliphatic rings. The van der Waals surface area contributed by atoms with Gasteiger partial charge >= 0.3 is 0 Å². The first-order chi connectivity index (χ1) is 8.69. The predicted molar refractivity (Wildman–Crippen MR) is 70.4 cm³/mol. The Morgan fingerprint density at radius 2 is 2.44 bits per heavy atom. The predicted octanol–water partition coefficient (Wildman–Crippen LogP) is 2.20. The molecule has 0 saturated carbocycles. The Morgan fingerprint density at radius 1 is 1.61 bits per heavy atom. The number of ether oxygens (including phenoxy) is 1. The quantitative estimate of drug-likeness (QED) is 0.819. The van der Waals surface area contributed by atoms with Crippen LogP contribution in [0.5, 0.6) is 0 Å². The van der Waals surface area contributed by atoms with E-state index in [1.807, 2.05) is 6.07 Å². The highest BCUT2D eigenvalue weighted by atomic mass is 16.5. The molecule has 2 rings (SSSR count). The first kappa shape index (κ1) is 12.8. The topological polar surface area (TPSA) is 49.2 Å². The summed E-state index contributed by atoms with van der Waals surface area (Å²) in [6.07, 6.45) is 3.03. The number of rotatable bonds is 3. The van der Waals surface area contributed by atoms with Gasteiger partial charge in [-0.15, -0.1) is 0 Å². The van der Waals surface area contributed by atoms with Gasteiger partial charge in [0.2, 0.25) is 0 Å². The lowest BCUT2D eigenvalue weighted by Gasteiger charge is -2.34. The molecule has 1 aromatic rings. The molecule has 1 saturated heterocycles. The minimum atomic E-state index is 0.270. The van der Waals surface area contributed by atoms with Crippen molar-refractivity contribution in [2.75, 3.05) is 24.6 Å². The smallest absolute Gasteiger partial charge is 0.129 e. The lowest BCUT2D eigenvalue weighted by molar-refractivity contribution is 0.0273. The molecule has 0 radical (unpaired) electrons. The molecular weight excluding hydrogens is 226 g/mol. The highest BCUT2D eigenvalue weighted by Crippen LogP contribution is 2.19. The number of aromatic nitrogens is 1. The maximum Gasteiger partial charge on any atom is 0.129 e. The number of hydrogen-bond acceptors (Lipinski definition) is 4. The van der Waals surface area contributed by atoms with Crippen molar-refractivity contribution in [3.63, 3.8) is 0 Å². The standard InChI is InChI=1S/C14H19N3O/c1-11(2)7-13-10-17(5-6-18-13)14-8-12(9-15)3-4-16-14/h3-4,8,11,13H,5-7,10H2,1-2H3/t13-/m0/s1. The highest BCUT2D eigenvalue weighted by molar-refractivity contribution is 5.45. The van der Waals surface area contributed by atoms with Crippen LogP contribution in [0.4, 0.5) is 5.82 Å². The summed E-state index contributed by atoms with van der Waals surface area (Å²) in [5.74, 6) is 1.51. The van der Waals surface area contributed by atoms with Crippen LogP contribution >= 0.6 is 0 Å². The van der Waals surface area contributed by atoms with E-state index in [1.165, 1.54) is 0 Å². The summed E-state index contributed by atoms with van der Waals surface area (Å²) in [7, 11) is 0. The van der Waals surface area contributed by atoms with E-state index in [9.17, 15) is 0 Å². The van der Waals surface area contributed by atoms with Crippen molar-refractivity contribution in [1.82, 2.24) is 4.98 Å². The van der Waals surface area contributed by atoms with Crippen LogP contribution in [0.15, 0.2) is 18.3 Å². The van der Waals surface area contributed by atoms with E-state index in [1.54, 1.807) is 12.3 Å². The maximum atomic E-state index is 8.91. The normalized spacial score (nSPS) is 19.9. The van der Waals surface area contributed by atoms with Crippen LogP contribution in [0.1, 0.15) is 25.8 Å². The molecule has 96 valence electrons. The molecule has 0 amide bonds. The second-order valence-electron chi connectivity index (χ2n) is 5.08. The number of morpholine rings is 1. The first-order valence-corrected chi connectivity index (χ1v) is 6.41. The van der Waals surface area contributed by atoms with Crippen LogP contribution < -0.4 is 4.90 Å². The van der Waals surface area contributed by atoms with Crippen LogP contribution in [-0.2, 0) is 4.74 Å². The van der Waals surface area contributed by atoms with Crippen molar-refractivity contribution in [2.45, 2.75) is 26.4 Å². The maximum absolute atomic E-state index is 8.91. The summed E-state index contributed by atoms with van der Waals surface area (Å²) in [5, 5.41) is 8.91. The molecule has 4 heteroatoms. The summed E-state index contributed by atoms with van der Waals surface area (Å²) < 4.78 is 5.76. The first-order valence-electron chi connectivity index (χ1n) is 6.41. The third-order valence-electron chi connectivity index (χ3n) is 3.07. The molecule has 1 aromatic heterocycles. The minimum Gasteiger partial charge on any atom is -0.375 e. The van der Waals surface area contributed by atoms with Gasteiger partial charge in [0.15, 0.2) is 0 Å². The van der Waals surface area contributed by atoms with E-state index < -0.39 is 0 Å². The summed E-state index contributed by atoms with van der Waals surface area (Å²) in [6.45, 7) is 6.85. The molecule has 0 unspecified atom stereocenters. The van der Waals surface area contributed by atoms with Gasteiger partial charge in [0, 0.05) is 19.3 Å². The average Bonchev–Trinajstić information content (AvgIpc) is 2.38. The van der Waals surface area contributed by atoms with Crippen molar-refractivity contribution >= 4 is 5.82 Å². The van der Waals surface area contributed by atoms with Crippen LogP contribution in [-0.4, -0.2) is 30.8 Å². The van der Waals surface area contributed by atoms with Gasteiger partial charge < -0.3 is 9.64 Å². The van der Waals surface area contributed by atoms with Crippen molar-refractivity contribution < 1.29 is 4.74 Å². The summed E-state index contributed by atoms with van der Waals surface area (Å²) in [5.41, 5.74) is 0.659. The van der Waals surface area contributed by atoms with E-state index in [-0.39, 0.29) is 6.10 Å². The van der Waals surface area contributed by atoms with Crippen molar-refractivity contribution in [3.05, 3.63) is 23.9 Å². The fourth-order valence-corrected chi connectivity index (χ4v) is 2.26. The van der Waals surface area contributed by atoms with Gasteiger partial charge in [0.25, 0.3) is 0 Å². The zero-order valence-corrected chi connectivity index (χ0v) is 11.0. The van der Waals surface area contributed by atoms with Crippen LogP contribution in [0.3, 0.4) is 0 Å². The van der Waals surface area contributed by atoms with Gasteiger partial charge in [-0.25, -0.2) is 4.98 Å². The van der Waals surface area contributed by atoms with Crippen LogP contribution in [0, 0.1) is 17.2 Å². The Morgan fingerprint density at radius 3 is 3.17 bits per heavy atom. The fourth-order valence-electron chi connectivity index (χ4n) is 2.26. The Hall–Kier alpha value is -1.60. The lowest BCUT2D eigenvalue weighted by atomic mass is 10.0. The van der Waals surface area contributed by atoms with Gasteiger partial charge in [-0.3, -0.25) is 0 Å². The summed E-state index contributed by atoms with van der Waals surface area (Å²) in [4.78, 5) is 6.55. The largest absolute Gasteiger partial charge is 0.375 e. The molecule has 1 fully saturated rings. The molecule has 4 nitrogen and oxygen atoms in total. The Kier molecular flexibility index (Phi) is 4.16. The van der Waals surface area contributed by atoms with E-state index in [2.05, 4.69) is 29.8 Å². The van der Waals surface area contributed by atoms with Gasteiger partial charge in [-0.05, 0) is 24.5 Å². The second kappa shape index (κ2) is 5.83. The molecule has 0 bridgehead atoms. The fraction of sp³-hybridized carbons (Fsp3) is 0.571. The van der Waals surface area contributed by atoms with E-state index in [0.29, 0.717) is 11.5 Å². The van der Waals surface area contributed by atoms with Crippen LogP contribution in [0.2, 0.25) is 0 Å². The van der Waals surface area contributed by atoms with Gasteiger partial charge in [0.05, 0.1) is 24.3 Å². The highest BCUT2D eigenvalue weighted by Gasteiger charge is 2.22. The van der Waals surface area contributed by atoms with Gasteiger partial charge in [-0.2, -0.15) is 5.26 Å². The molecule has 2 heterocycles. The Bertz CT molecular complexity index is 439. The monoisotopic (exact) mass is 245 g/mol. The molecule has 1 aliphatic heterocycles. The number of pyridine rings is 1. The van der Waals surface area contributed by atoms with E-state index >= 15 is 0 Å². The third-order valence-corrected chi connectivity index (χ3v) is 3.07. The van der Waals surface area contributed by atoms with Crippen molar-refractivity contribution in [3.8, 4) is 6.07 Å². The minimum absolute atomic E-state index is 0.270. The summed E-state index contributed by atoms with van der Waals surface area (Å²) >= 11 is 0. The van der Waals surface area contributed by atoms with E-state index in [0.717, 1.165) is 31.9 Å². The molecule has 18 heavy (non-hydrogen) atoms. The Labute approximate surface area is 108 Å². The van der Waals surface area contributed by atoms with Crippen molar-refractivity contribution in [2.24, 2.45) is 5.92 Å². The van der Waals surface area contributed by atoms with Gasteiger partial charge in [0.1, 0.15) is 5.82 Å². The zero-order valence-electron chi connectivity index (χ0n) is 11.0. The average molecular weight is 245 g/mol. The number of nitrogens with zero attached hydrogens (tertiary/aromatic N) is 3. The second-order valence-corrected chi connectivity index (χ2v) is 5.08.